The summed E-state index contributed by atoms with van der Waals surface area (Å²) in [5, 5.41) is 2.71. The first-order chi connectivity index (χ1) is 13.9. The first kappa shape index (κ1) is 20.3. The van der Waals surface area contributed by atoms with E-state index in [2.05, 4.69) is 10.3 Å². The Labute approximate surface area is 168 Å². The molecule has 0 radical (unpaired) electrons. The van der Waals surface area contributed by atoms with Crippen LogP contribution in [0.3, 0.4) is 0 Å². The van der Waals surface area contributed by atoms with Crippen molar-refractivity contribution in [3.05, 3.63) is 82.2 Å². The molecular weight excluding hydrogens is 373 g/mol. The molecule has 29 heavy (non-hydrogen) atoms. The summed E-state index contributed by atoms with van der Waals surface area (Å²) in [5.41, 5.74) is 3.13. The molecule has 6 nitrogen and oxygen atoms in total. The van der Waals surface area contributed by atoms with E-state index in [1.807, 2.05) is 32.0 Å². The molecule has 3 aromatic rings. The summed E-state index contributed by atoms with van der Waals surface area (Å²) in [4.78, 5) is 28.4. The number of carbonyl (C=O) groups excluding carboxylic acids is 1. The van der Waals surface area contributed by atoms with E-state index in [4.69, 9.17) is 4.74 Å². The van der Waals surface area contributed by atoms with Gasteiger partial charge in [0.15, 0.2) is 6.61 Å². The van der Waals surface area contributed by atoms with Gasteiger partial charge in [0.2, 0.25) is 0 Å². The fourth-order valence-corrected chi connectivity index (χ4v) is 2.69. The normalized spacial score (nSPS) is 10.6. The Bertz CT molecular complexity index is 1060. The lowest BCUT2D eigenvalue weighted by atomic mass is 10.1. The number of aromatic nitrogens is 2. The van der Waals surface area contributed by atoms with E-state index in [-0.39, 0.29) is 37.0 Å². The molecule has 0 aliphatic heterocycles. The lowest BCUT2D eigenvalue weighted by Crippen LogP contribution is -2.33. The molecule has 7 heteroatoms. The van der Waals surface area contributed by atoms with Crippen LogP contribution in [0.15, 0.2) is 59.7 Å². The molecule has 1 N–H and O–H groups in total. The van der Waals surface area contributed by atoms with Crippen LogP contribution in [0.5, 0.6) is 5.75 Å². The monoisotopic (exact) mass is 395 g/mol. The number of rotatable bonds is 7. The van der Waals surface area contributed by atoms with E-state index < -0.39 is 0 Å². The zero-order valence-electron chi connectivity index (χ0n) is 16.3. The number of hydrogen-bond donors (Lipinski definition) is 1. The van der Waals surface area contributed by atoms with Gasteiger partial charge in [-0.2, -0.15) is 0 Å². The van der Waals surface area contributed by atoms with Crippen molar-refractivity contribution in [2.75, 3.05) is 13.2 Å². The third-order valence-corrected chi connectivity index (χ3v) is 4.54. The van der Waals surface area contributed by atoms with E-state index in [0.29, 0.717) is 17.0 Å². The third kappa shape index (κ3) is 5.51. The van der Waals surface area contributed by atoms with Gasteiger partial charge in [-0.3, -0.25) is 14.2 Å². The molecule has 0 aliphatic carbocycles. The molecule has 0 spiro atoms. The average Bonchev–Trinajstić information content (AvgIpc) is 2.70. The van der Waals surface area contributed by atoms with Crippen molar-refractivity contribution in [3.63, 3.8) is 0 Å². The molecule has 150 valence electrons. The van der Waals surface area contributed by atoms with E-state index >= 15 is 0 Å². The third-order valence-electron chi connectivity index (χ3n) is 4.54. The molecule has 0 saturated carbocycles. The van der Waals surface area contributed by atoms with E-state index in [9.17, 15) is 14.0 Å². The fraction of sp³-hybridized carbons (Fsp3) is 0.227. The quantitative estimate of drug-likeness (QED) is 0.668. The Morgan fingerprint density at radius 1 is 1.10 bits per heavy atom. The second kappa shape index (κ2) is 9.14. The molecule has 0 saturated heterocycles. The van der Waals surface area contributed by atoms with Crippen molar-refractivity contribution in [2.24, 2.45) is 0 Å². The molecule has 0 bridgehead atoms. The predicted molar refractivity (Wildman–Crippen MR) is 108 cm³/mol. The Morgan fingerprint density at radius 3 is 2.55 bits per heavy atom. The SMILES string of the molecule is Cc1ccc(OCC(=O)NCCn2cnc(-c3ccc(F)cc3)cc2=O)cc1C. The van der Waals surface area contributed by atoms with Crippen LogP contribution in [0.25, 0.3) is 11.3 Å². The van der Waals surface area contributed by atoms with Gasteiger partial charge in [-0.1, -0.05) is 6.07 Å². The van der Waals surface area contributed by atoms with Crippen molar-refractivity contribution in [1.82, 2.24) is 14.9 Å². The summed E-state index contributed by atoms with van der Waals surface area (Å²) in [5.74, 6) is 0.0199. The van der Waals surface area contributed by atoms with Crippen LogP contribution in [-0.4, -0.2) is 28.6 Å². The number of nitrogens with zero attached hydrogens (tertiary/aromatic N) is 2. The zero-order valence-corrected chi connectivity index (χ0v) is 16.3. The van der Waals surface area contributed by atoms with Gasteiger partial charge in [0.05, 0.1) is 12.0 Å². The van der Waals surface area contributed by atoms with Crippen LogP contribution >= 0.6 is 0 Å². The molecule has 1 amide bonds. The van der Waals surface area contributed by atoms with Gasteiger partial charge in [-0.15, -0.1) is 0 Å². The molecule has 0 unspecified atom stereocenters. The number of benzene rings is 2. The maximum absolute atomic E-state index is 13.0. The molecule has 3 rings (SSSR count). The highest BCUT2D eigenvalue weighted by atomic mass is 19.1. The van der Waals surface area contributed by atoms with Crippen molar-refractivity contribution in [1.29, 1.82) is 0 Å². The highest BCUT2D eigenvalue weighted by Crippen LogP contribution is 2.16. The van der Waals surface area contributed by atoms with Crippen LogP contribution in [0, 0.1) is 19.7 Å². The minimum absolute atomic E-state index is 0.0981. The smallest absolute Gasteiger partial charge is 0.258 e. The summed E-state index contributed by atoms with van der Waals surface area (Å²) in [6.07, 6.45) is 1.42. The van der Waals surface area contributed by atoms with Crippen LogP contribution in [0.1, 0.15) is 11.1 Å². The van der Waals surface area contributed by atoms with Crippen LogP contribution in [-0.2, 0) is 11.3 Å². The summed E-state index contributed by atoms with van der Waals surface area (Å²) in [7, 11) is 0. The number of ether oxygens (including phenoxy) is 1. The van der Waals surface area contributed by atoms with Crippen molar-refractivity contribution < 1.29 is 13.9 Å². The van der Waals surface area contributed by atoms with Crippen LogP contribution < -0.4 is 15.6 Å². The standard InChI is InChI=1S/C22H22FN3O3/c1-15-3-8-19(11-16(15)2)29-13-21(27)24-9-10-26-14-25-20(12-22(26)28)17-4-6-18(23)7-5-17/h3-8,11-12,14H,9-10,13H2,1-2H3,(H,24,27). The lowest BCUT2D eigenvalue weighted by molar-refractivity contribution is -0.123. The van der Waals surface area contributed by atoms with E-state index in [0.717, 1.165) is 11.1 Å². The highest BCUT2D eigenvalue weighted by molar-refractivity contribution is 5.77. The van der Waals surface area contributed by atoms with Crippen LogP contribution in [0.2, 0.25) is 0 Å². The summed E-state index contributed by atoms with van der Waals surface area (Å²) in [6, 6.07) is 12.8. The fourth-order valence-electron chi connectivity index (χ4n) is 2.69. The number of halogens is 1. The van der Waals surface area contributed by atoms with Gasteiger partial charge >= 0.3 is 0 Å². The Kier molecular flexibility index (Phi) is 6.39. The minimum atomic E-state index is -0.348. The molecule has 0 fully saturated rings. The molecule has 1 aromatic heterocycles. The van der Waals surface area contributed by atoms with Gasteiger partial charge < -0.3 is 10.1 Å². The second-order valence-corrected chi connectivity index (χ2v) is 6.70. The van der Waals surface area contributed by atoms with Gasteiger partial charge in [-0.25, -0.2) is 9.37 Å². The number of hydrogen-bond acceptors (Lipinski definition) is 4. The summed E-state index contributed by atoms with van der Waals surface area (Å²) >= 11 is 0. The Morgan fingerprint density at radius 2 is 1.86 bits per heavy atom. The van der Waals surface area contributed by atoms with E-state index in [1.165, 1.54) is 29.1 Å². The number of amides is 1. The topological polar surface area (TPSA) is 73.2 Å². The number of carbonyl (C=O) groups is 1. The Balaban J connectivity index is 1.49. The van der Waals surface area contributed by atoms with Gasteiger partial charge in [0.1, 0.15) is 11.6 Å². The van der Waals surface area contributed by atoms with Gasteiger partial charge in [0, 0.05) is 24.7 Å². The summed E-state index contributed by atoms with van der Waals surface area (Å²) in [6.45, 7) is 4.45. The van der Waals surface area contributed by atoms with Crippen molar-refractivity contribution in [2.45, 2.75) is 20.4 Å². The van der Waals surface area contributed by atoms with Gasteiger partial charge in [0.25, 0.3) is 11.5 Å². The molecule has 2 aromatic carbocycles. The maximum atomic E-state index is 13.0. The molecule has 0 atom stereocenters. The Hall–Kier alpha value is -3.48. The highest BCUT2D eigenvalue weighted by Gasteiger charge is 2.06. The summed E-state index contributed by atoms with van der Waals surface area (Å²) < 4.78 is 19.9. The van der Waals surface area contributed by atoms with E-state index in [1.54, 1.807) is 12.1 Å². The minimum Gasteiger partial charge on any atom is -0.484 e. The predicted octanol–water partition coefficient (Wildman–Crippen LogP) is 2.86. The molecule has 1 heterocycles. The first-order valence-electron chi connectivity index (χ1n) is 9.21. The first-order valence-corrected chi connectivity index (χ1v) is 9.21. The van der Waals surface area contributed by atoms with Gasteiger partial charge in [-0.05, 0) is 61.4 Å². The van der Waals surface area contributed by atoms with Crippen LogP contribution in [0.4, 0.5) is 4.39 Å². The maximum Gasteiger partial charge on any atom is 0.258 e. The molecular formula is C22H22FN3O3. The van der Waals surface area contributed by atoms with Crippen molar-refractivity contribution in [3.8, 4) is 17.0 Å². The largest absolute Gasteiger partial charge is 0.484 e. The molecule has 0 aliphatic rings. The average molecular weight is 395 g/mol. The number of aryl methyl sites for hydroxylation is 2. The second-order valence-electron chi connectivity index (χ2n) is 6.70. The lowest BCUT2D eigenvalue weighted by Gasteiger charge is -2.10. The number of nitrogens with one attached hydrogen (secondary N) is 1. The van der Waals surface area contributed by atoms with Crippen molar-refractivity contribution >= 4 is 5.91 Å². The zero-order chi connectivity index (χ0) is 20.8.